The minimum atomic E-state index is -0.120. The van der Waals surface area contributed by atoms with E-state index in [-0.39, 0.29) is 5.91 Å². The Labute approximate surface area is 169 Å². The van der Waals surface area contributed by atoms with Crippen molar-refractivity contribution in [3.63, 3.8) is 0 Å². The van der Waals surface area contributed by atoms with Crippen LogP contribution in [-0.2, 0) is 4.79 Å². The molecule has 4 nitrogen and oxygen atoms in total. The second-order valence-electron chi connectivity index (χ2n) is 5.92. The largest absolute Gasteiger partial charge is 0.494 e. The first-order valence-corrected chi connectivity index (χ1v) is 10.00. The molecule has 1 aliphatic heterocycles. The molecule has 0 bridgehead atoms. The van der Waals surface area contributed by atoms with E-state index in [1.165, 1.54) is 11.8 Å². The van der Waals surface area contributed by atoms with E-state index in [0.29, 0.717) is 28.2 Å². The highest BCUT2D eigenvalue weighted by molar-refractivity contribution is 8.27. The first-order valence-electron chi connectivity index (χ1n) is 8.77. The fourth-order valence-corrected chi connectivity index (χ4v) is 3.99. The minimum absolute atomic E-state index is 0.120. The quantitative estimate of drug-likeness (QED) is 0.493. The molecule has 2 aromatic carbocycles. The van der Waals surface area contributed by atoms with Gasteiger partial charge < -0.3 is 9.47 Å². The van der Waals surface area contributed by atoms with Gasteiger partial charge in [0, 0.05) is 11.6 Å². The fourth-order valence-electron chi connectivity index (χ4n) is 2.70. The molecule has 1 amide bonds. The number of benzene rings is 2. The van der Waals surface area contributed by atoms with E-state index in [9.17, 15) is 4.79 Å². The predicted octanol–water partition coefficient (Wildman–Crippen LogP) is 5.20. The van der Waals surface area contributed by atoms with Gasteiger partial charge in [-0.1, -0.05) is 41.7 Å². The maximum atomic E-state index is 12.9. The molecule has 2 aromatic rings. The highest BCUT2D eigenvalue weighted by Crippen LogP contribution is 2.37. The van der Waals surface area contributed by atoms with Crippen molar-refractivity contribution >= 4 is 46.0 Å². The van der Waals surface area contributed by atoms with Crippen LogP contribution in [0, 0.1) is 6.92 Å². The average Bonchev–Trinajstić information content (AvgIpc) is 2.92. The van der Waals surface area contributed by atoms with Crippen LogP contribution in [0.15, 0.2) is 47.4 Å². The molecule has 1 saturated heterocycles. The molecule has 0 saturated carbocycles. The Bertz CT molecular complexity index is 891. The Morgan fingerprint density at radius 2 is 1.78 bits per heavy atom. The van der Waals surface area contributed by atoms with E-state index in [2.05, 4.69) is 0 Å². The molecule has 1 heterocycles. The van der Waals surface area contributed by atoms with E-state index < -0.39 is 0 Å². The van der Waals surface area contributed by atoms with Crippen molar-refractivity contribution in [3.8, 4) is 11.5 Å². The number of thiocarbonyl (C=S) groups is 1. The molecule has 0 atom stereocenters. The maximum Gasteiger partial charge on any atom is 0.270 e. The number of thioether (sulfide) groups is 1. The topological polar surface area (TPSA) is 38.8 Å². The molecule has 0 N–H and O–H groups in total. The van der Waals surface area contributed by atoms with Crippen molar-refractivity contribution in [1.29, 1.82) is 0 Å². The van der Waals surface area contributed by atoms with Crippen LogP contribution >= 0.6 is 24.0 Å². The predicted molar refractivity (Wildman–Crippen MR) is 116 cm³/mol. The monoisotopic (exact) mass is 399 g/mol. The molecule has 0 spiro atoms. The van der Waals surface area contributed by atoms with Crippen LogP contribution in [-0.4, -0.2) is 23.4 Å². The van der Waals surface area contributed by atoms with Crippen molar-refractivity contribution in [3.05, 3.63) is 58.5 Å². The lowest BCUT2D eigenvalue weighted by atomic mass is 10.1. The summed E-state index contributed by atoms with van der Waals surface area (Å²) in [7, 11) is 0. The van der Waals surface area contributed by atoms with Crippen molar-refractivity contribution < 1.29 is 14.3 Å². The number of nitrogens with zero attached hydrogens (tertiary/aromatic N) is 1. The standard InChI is InChI=1S/C21H21NO3S2/c1-4-24-17-11-8-15(18(13-17)25-5-2)12-19-20(23)22(21(26)27-19)16-9-6-14(3)7-10-16/h6-13H,4-5H2,1-3H3. The summed E-state index contributed by atoms with van der Waals surface area (Å²) in [6.07, 6.45) is 1.83. The third-order valence-electron chi connectivity index (χ3n) is 3.97. The van der Waals surface area contributed by atoms with E-state index in [4.69, 9.17) is 21.7 Å². The van der Waals surface area contributed by atoms with Crippen molar-refractivity contribution in [1.82, 2.24) is 0 Å². The third-order valence-corrected chi connectivity index (χ3v) is 5.27. The number of amides is 1. The summed E-state index contributed by atoms with van der Waals surface area (Å²) >= 11 is 6.74. The van der Waals surface area contributed by atoms with E-state index in [1.54, 1.807) is 4.90 Å². The number of aryl methyl sites for hydroxylation is 1. The van der Waals surface area contributed by atoms with Crippen LogP contribution in [0.25, 0.3) is 6.08 Å². The SMILES string of the molecule is CCOc1ccc(C=C2SC(=S)N(c3ccc(C)cc3)C2=O)c(OCC)c1. The van der Waals surface area contributed by atoms with Gasteiger partial charge in [0.1, 0.15) is 11.5 Å². The first kappa shape index (κ1) is 19.5. The Kier molecular flexibility index (Phi) is 6.19. The Balaban J connectivity index is 1.92. The van der Waals surface area contributed by atoms with Gasteiger partial charge in [0.2, 0.25) is 0 Å². The molecular formula is C21H21NO3S2. The summed E-state index contributed by atoms with van der Waals surface area (Å²) in [5.41, 5.74) is 2.74. The summed E-state index contributed by atoms with van der Waals surface area (Å²) in [5.74, 6) is 1.31. The molecule has 140 valence electrons. The number of rotatable bonds is 6. The average molecular weight is 400 g/mol. The van der Waals surface area contributed by atoms with Gasteiger partial charge in [-0.05, 0) is 51.1 Å². The van der Waals surface area contributed by atoms with Crippen LogP contribution in [0.1, 0.15) is 25.0 Å². The summed E-state index contributed by atoms with van der Waals surface area (Å²) in [6, 6.07) is 13.4. The van der Waals surface area contributed by atoms with Crippen molar-refractivity contribution in [2.45, 2.75) is 20.8 Å². The third kappa shape index (κ3) is 4.34. The molecule has 0 radical (unpaired) electrons. The molecular weight excluding hydrogens is 378 g/mol. The molecule has 0 aliphatic carbocycles. The van der Waals surface area contributed by atoms with Gasteiger partial charge in [0.05, 0.1) is 23.8 Å². The van der Waals surface area contributed by atoms with E-state index >= 15 is 0 Å². The van der Waals surface area contributed by atoms with Crippen LogP contribution < -0.4 is 14.4 Å². The Morgan fingerprint density at radius 1 is 1.07 bits per heavy atom. The maximum absolute atomic E-state index is 12.9. The first-order chi connectivity index (χ1) is 13.0. The molecule has 1 fully saturated rings. The number of hydrogen-bond acceptors (Lipinski definition) is 5. The van der Waals surface area contributed by atoms with Crippen LogP contribution in [0.5, 0.6) is 11.5 Å². The normalized spacial score (nSPS) is 15.5. The molecule has 6 heteroatoms. The van der Waals surface area contributed by atoms with Gasteiger partial charge in [-0.2, -0.15) is 0 Å². The highest BCUT2D eigenvalue weighted by Gasteiger charge is 2.33. The van der Waals surface area contributed by atoms with Crippen LogP contribution in [0.4, 0.5) is 5.69 Å². The number of carbonyl (C=O) groups is 1. The van der Waals surface area contributed by atoms with Gasteiger partial charge in [0.25, 0.3) is 5.91 Å². The van der Waals surface area contributed by atoms with Gasteiger partial charge in [-0.25, -0.2) is 0 Å². The van der Waals surface area contributed by atoms with Gasteiger partial charge in [-0.3, -0.25) is 9.69 Å². The van der Waals surface area contributed by atoms with Gasteiger partial charge >= 0.3 is 0 Å². The van der Waals surface area contributed by atoms with Crippen molar-refractivity contribution in [2.24, 2.45) is 0 Å². The smallest absolute Gasteiger partial charge is 0.270 e. The summed E-state index contributed by atoms with van der Waals surface area (Å²) in [6.45, 7) is 6.98. The molecule has 0 unspecified atom stereocenters. The molecule has 0 aromatic heterocycles. The lowest BCUT2D eigenvalue weighted by molar-refractivity contribution is -0.113. The van der Waals surface area contributed by atoms with Crippen LogP contribution in [0.3, 0.4) is 0 Å². The molecule has 27 heavy (non-hydrogen) atoms. The Hall–Kier alpha value is -2.31. The van der Waals surface area contributed by atoms with E-state index in [1.807, 2.05) is 69.3 Å². The van der Waals surface area contributed by atoms with Crippen LogP contribution in [0.2, 0.25) is 0 Å². The fraction of sp³-hybridized carbons (Fsp3) is 0.238. The summed E-state index contributed by atoms with van der Waals surface area (Å²) < 4.78 is 11.8. The highest BCUT2D eigenvalue weighted by atomic mass is 32.2. The zero-order chi connectivity index (χ0) is 19.4. The number of carbonyl (C=O) groups excluding carboxylic acids is 1. The minimum Gasteiger partial charge on any atom is -0.494 e. The zero-order valence-electron chi connectivity index (χ0n) is 15.5. The van der Waals surface area contributed by atoms with Gasteiger partial charge in [-0.15, -0.1) is 0 Å². The van der Waals surface area contributed by atoms with Crippen molar-refractivity contribution in [2.75, 3.05) is 18.1 Å². The lowest BCUT2D eigenvalue weighted by Gasteiger charge is -2.14. The lowest BCUT2D eigenvalue weighted by Crippen LogP contribution is -2.27. The Morgan fingerprint density at radius 3 is 2.44 bits per heavy atom. The summed E-state index contributed by atoms with van der Waals surface area (Å²) in [5, 5.41) is 0. The zero-order valence-corrected chi connectivity index (χ0v) is 17.2. The number of anilines is 1. The molecule has 1 aliphatic rings. The second kappa shape index (κ2) is 8.59. The van der Waals surface area contributed by atoms with Gasteiger partial charge in [0.15, 0.2) is 4.32 Å². The molecule has 3 rings (SSSR count). The summed E-state index contributed by atoms with van der Waals surface area (Å²) in [4.78, 5) is 15.1. The van der Waals surface area contributed by atoms with E-state index in [0.717, 1.165) is 22.6 Å². The number of hydrogen-bond donors (Lipinski definition) is 0. The second-order valence-corrected chi connectivity index (χ2v) is 7.59. The number of ether oxygens (including phenoxy) is 2.